The summed E-state index contributed by atoms with van der Waals surface area (Å²) in [6, 6.07) is 3.23. The number of hydrogen-bond acceptors (Lipinski definition) is 5. The third-order valence-electron chi connectivity index (χ3n) is 2.84. The molecule has 112 valence electrons. The number of nitrogens with zero attached hydrogens (tertiary/aromatic N) is 2. The van der Waals surface area contributed by atoms with E-state index < -0.39 is 17.7 Å². The Kier molecular flexibility index (Phi) is 4.74. The lowest BCUT2D eigenvalue weighted by Crippen LogP contribution is -2.53. The summed E-state index contributed by atoms with van der Waals surface area (Å²) in [5, 5.41) is 5.36. The van der Waals surface area contributed by atoms with Gasteiger partial charge < -0.3 is 10.2 Å². The van der Waals surface area contributed by atoms with E-state index in [4.69, 9.17) is 11.6 Å². The standard InChI is InChI=1S/C13H15ClN4O3/c1-2-5-15-9-4-3-8(14)12(16-9)13(21)18-6-10(19)17-11(20)7-18/h3-4H,2,5-7H2,1H3,(H,15,16)(H,17,19,20). The summed E-state index contributed by atoms with van der Waals surface area (Å²) in [4.78, 5) is 40.3. The topological polar surface area (TPSA) is 91.4 Å². The molecule has 0 radical (unpaired) electrons. The summed E-state index contributed by atoms with van der Waals surface area (Å²) in [7, 11) is 0. The van der Waals surface area contributed by atoms with Crippen LogP contribution in [0.1, 0.15) is 23.8 Å². The second-order valence-corrected chi connectivity index (χ2v) is 4.99. The van der Waals surface area contributed by atoms with Gasteiger partial charge in [0, 0.05) is 6.54 Å². The molecule has 0 unspecified atom stereocenters. The molecule has 0 aromatic carbocycles. The van der Waals surface area contributed by atoms with Crippen molar-refractivity contribution in [1.82, 2.24) is 15.2 Å². The predicted molar refractivity (Wildman–Crippen MR) is 77.1 cm³/mol. The van der Waals surface area contributed by atoms with Gasteiger partial charge in [0.25, 0.3) is 5.91 Å². The fraction of sp³-hybridized carbons (Fsp3) is 0.385. The number of carbonyl (C=O) groups excluding carboxylic acids is 3. The number of piperazine rings is 1. The Morgan fingerprint density at radius 2 is 2.05 bits per heavy atom. The van der Waals surface area contributed by atoms with Crippen LogP contribution in [0.3, 0.4) is 0 Å². The molecule has 1 aliphatic rings. The molecule has 7 nitrogen and oxygen atoms in total. The SMILES string of the molecule is CCCNc1ccc(Cl)c(C(=O)N2CC(=O)NC(=O)C2)n1. The van der Waals surface area contributed by atoms with Gasteiger partial charge in [-0.3, -0.25) is 19.7 Å². The van der Waals surface area contributed by atoms with Gasteiger partial charge in [0.2, 0.25) is 11.8 Å². The van der Waals surface area contributed by atoms with Crippen molar-refractivity contribution in [3.8, 4) is 0 Å². The lowest BCUT2D eigenvalue weighted by Gasteiger charge is -2.25. The van der Waals surface area contributed by atoms with Crippen LogP contribution in [-0.2, 0) is 9.59 Å². The average molecular weight is 311 g/mol. The number of nitrogens with one attached hydrogen (secondary N) is 2. The van der Waals surface area contributed by atoms with Crippen LogP contribution in [0.25, 0.3) is 0 Å². The zero-order valence-electron chi connectivity index (χ0n) is 11.5. The Bertz CT molecular complexity index is 575. The Morgan fingerprint density at radius 3 is 2.67 bits per heavy atom. The maximum absolute atomic E-state index is 12.4. The molecule has 0 aliphatic carbocycles. The lowest BCUT2D eigenvalue weighted by atomic mass is 10.2. The van der Waals surface area contributed by atoms with Crippen molar-refractivity contribution in [2.24, 2.45) is 0 Å². The Morgan fingerprint density at radius 1 is 1.38 bits per heavy atom. The molecule has 1 aromatic rings. The zero-order valence-corrected chi connectivity index (χ0v) is 12.2. The van der Waals surface area contributed by atoms with Crippen molar-refractivity contribution < 1.29 is 14.4 Å². The number of imide groups is 1. The number of anilines is 1. The summed E-state index contributed by atoms with van der Waals surface area (Å²) >= 11 is 5.99. The quantitative estimate of drug-likeness (QED) is 0.797. The first-order chi connectivity index (χ1) is 10.0. The third-order valence-corrected chi connectivity index (χ3v) is 3.14. The van der Waals surface area contributed by atoms with E-state index in [2.05, 4.69) is 15.6 Å². The van der Waals surface area contributed by atoms with Crippen LogP contribution >= 0.6 is 11.6 Å². The first-order valence-electron chi connectivity index (χ1n) is 6.53. The molecule has 0 saturated carbocycles. The summed E-state index contributed by atoms with van der Waals surface area (Å²) in [6.45, 7) is 2.35. The highest BCUT2D eigenvalue weighted by Crippen LogP contribution is 2.19. The number of pyridine rings is 1. The van der Waals surface area contributed by atoms with Crippen molar-refractivity contribution in [1.29, 1.82) is 0 Å². The predicted octanol–water partition coefficient (Wildman–Crippen LogP) is 0.655. The smallest absolute Gasteiger partial charge is 0.275 e. The van der Waals surface area contributed by atoms with Crippen molar-refractivity contribution in [3.63, 3.8) is 0 Å². The molecule has 0 atom stereocenters. The van der Waals surface area contributed by atoms with E-state index in [1.54, 1.807) is 12.1 Å². The summed E-state index contributed by atoms with van der Waals surface area (Å²) in [6.07, 6.45) is 0.911. The van der Waals surface area contributed by atoms with Gasteiger partial charge in [-0.2, -0.15) is 0 Å². The van der Waals surface area contributed by atoms with Gasteiger partial charge in [0.1, 0.15) is 24.6 Å². The van der Waals surface area contributed by atoms with Crippen LogP contribution in [0.5, 0.6) is 0 Å². The molecule has 2 rings (SSSR count). The Hall–Kier alpha value is -2.15. The first-order valence-corrected chi connectivity index (χ1v) is 6.91. The van der Waals surface area contributed by atoms with Crippen molar-refractivity contribution in [2.45, 2.75) is 13.3 Å². The van der Waals surface area contributed by atoms with Crippen LogP contribution in [0.4, 0.5) is 5.82 Å². The zero-order chi connectivity index (χ0) is 15.4. The monoisotopic (exact) mass is 310 g/mol. The number of amides is 3. The molecule has 1 saturated heterocycles. The second-order valence-electron chi connectivity index (χ2n) is 4.59. The van der Waals surface area contributed by atoms with E-state index in [0.717, 1.165) is 11.3 Å². The molecule has 2 heterocycles. The normalized spacial score (nSPS) is 14.9. The van der Waals surface area contributed by atoms with Crippen LogP contribution in [-0.4, -0.2) is 47.2 Å². The minimum atomic E-state index is -0.539. The number of carbonyl (C=O) groups is 3. The molecule has 1 aromatic heterocycles. The van der Waals surface area contributed by atoms with Gasteiger partial charge in [-0.1, -0.05) is 18.5 Å². The van der Waals surface area contributed by atoms with Crippen molar-refractivity contribution in [3.05, 3.63) is 22.8 Å². The average Bonchev–Trinajstić information content (AvgIpc) is 2.44. The molecule has 8 heteroatoms. The maximum Gasteiger partial charge on any atom is 0.275 e. The minimum Gasteiger partial charge on any atom is -0.370 e. The molecule has 1 fully saturated rings. The van der Waals surface area contributed by atoms with Crippen LogP contribution < -0.4 is 10.6 Å². The largest absolute Gasteiger partial charge is 0.370 e. The highest BCUT2D eigenvalue weighted by Gasteiger charge is 2.29. The molecule has 1 aliphatic heterocycles. The molecule has 2 N–H and O–H groups in total. The van der Waals surface area contributed by atoms with Crippen molar-refractivity contribution >= 4 is 35.1 Å². The van der Waals surface area contributed by atoms with Crippen molar-refractivity contribution in [2.75, 3.05) is 25.0 Å². The van der Waals surface area contributed by atoms with Gasteiger partial charge in [-0.15, -0.1) is 0 Å². The molecule has 0 spiro atoms. The molecular weight excluding hydrogens is 296 g/mol. The maximum atomic E-state index is 12.4. The lowest BCUT2D eigenvalue weighted by molar-refractivity contribution is -0.135. The van der Waals surface area contributed by atoms with Gasteiger partial charge in [-0.25, -0.2) is 4.98 Å². The first kappa shape index (κ1) is 15.2. The van der Waals surface area contributed by atoms with Crippen LogP contribution in [0, 0.1) is 0 Å². The molecule has 21 heavy (non-hydrogen) atoms. The summed E-state index contributed by atoms with van der Waals surface area (Å²) in [5.41, 5.74) is 0.0280. The molecule has 0 bridgehead atoms. The molecule has 3 amide bonds. The van der Waals surface area contributed by atoms with E-state index >= 15 is 0 Å². The van der Waals surface area contributed by atoms with E-state index in [0.29, 0.717) is 12.4 Å². The van der Waals surface area contributed by atoms with Gasteiger partial charge in [0.05, 0.1) is 5.02 Å². The number of rotatable bonds is 4. The summed E-state index contributed by atoms with van der Waals surface area (Å²) in [5.74, 6) is -1.05. The second kappa shape index (κ2) is 6.53. The highest BCUT2D eigenvalue weighted by atomic mass is 35.5. The number of hydrogen-bond donors (Lipinski definition) is 2. The van der Waals surface area contributed by atoms with Gasteiger partial charge >= 0.3 is 0 Å². The number of aromatic nitrogens is 1. The minimum absolute atomic E-state index is 0.0280. The number of halogens is 1. The van der Waals surface area contributed by atoms with Crippen LogP contribution in [0.15, 0.2) is 12.1 Å². The van der Waals surface area contributed by atoms with E-state index in [9.17, 15) is 14.4 Å². The van der Waals surface area contributed by atoms with E-state index in [1.807, 2.05) is 6.92 Å². The Labute approximate surface area is 126 Å². The van der Waals surface area contributed by atoms with Crippen LogP contribution in [0.2, 0.25) is 5.02 Å². The fourth-order valence-corrected chi connectivity index (χ4v) is 2.06. The van der Waals surface area contributed by atoms with E-state index in [1.165, 1.54) is 0 Å². The van der Waals surface area contributed by atoms with Gasteiger partial charge in [0.15, 0.2) is 0 Å². The Balaban J connectivity index is 2.21. The third kappa shape index (κ3) is 3.69. The highest BCUT2D eigenvalue weighted by molar-refractivity contribution is 6.33. The van der Waals surface area contributed by atoms with E-state index in [-0.39, 0.29) is 23.8 Å². The molecular formula is C13H15ClN4O3. The summed E-state index contributed by atoms with van der Waals surface area (Å²) < 4.78 is 0. The fourth-order valence-electron chi connectivity index (χ4n) is 1.87. The van der Waals surface area contributed by atoms with Gasteiger partial charge in [-0.05, 0) is 18.6 Å².